The molecule has 2 rings (SSSR count). The zero-order valence-electron chi connectivity index (χ0n) is 10.7. The van der Waals surface area contributed by atoms with E-state index in [1.54, 1.807) is 11.3 Å². The Bertz CT molecular complexity index is 356. The minimum Gasteiger partial charge on any atom is -0.368 e. The second-order valence-corrected chi connectivity index (χ2v) is 6.06. The van der Waals surface area contributed by atoms with Gasteiger partial charge in [-0.15, -0.1) is 11.3 Å². The van der Waals surface area contributed by atoms with Gasteiger partial charge in [-0.05, 0) is 38.5 Å². The van der Waals surface area contributed by atoms with Crippen LogP contribution < -0.4 is 5.73 Å². The Balaban J connectivity index is 2.21. The normalized spacial score (nSPS) is 29.5. The molecule has 0 bridgehead atoms. The van der Waals surface area contributed by atoms with Crippen LogP contribution in [0, 0.1) is 5.92 Å². The molecule has 0 aromatic carbocycles. The van der Waals surface area contributed by atoms with Crippen molar-refractivity contribution in [2.45, 2.75) is 51.7 Å². The fourth-order valence-corrected chi connectivity index (χ4v) is 3.53. The Kier molecular flexibility index (Phi) is 4.17. The molecule has 1 aliphatic carbocycles. The largest absolute Gasteiger partial charge is 0.368 e. The van der Waals surface area contributed by atoms with Crippen LogP contribution in [-0.2, 0) is 16.9 Å². The Hall–Kier alpha value is -0.450. The average Bonchev–Trinajstić information content (AvgIpc) is 2.82. The minimum atomic E-state index is -0.126. The van der Waals surface area contributed by atoms with Crippen molar-refractivity contribution < 1.29 is 4.74 Å². The SMILES string of the molecule is CCOC1(c2ncc(CN)s2)CCC(C)CC1. The van der Waals surface area contributed by atoms with E-state index in [4.69, 9.17) is 10.5 Å². The van der Waals surface area contributed by atoms with E-state index in [1.807, 2.05) is 6.20 Å². The lowest BCUT2D eigenvalue weighted by Gasteiger charge is -2.37. The monoisotopic (exact) mass is 254 g/mol. The van der Waals surface area contributed by atoms with Gasteiger partial charge >= 0.3 is 0 Å². The van der Waals surface area contributed by atoms with Gasteiger partial charge in [-0.2, -0.15) is 0 Å². The van der Waals surface area contributed by atoms with Gasteiger partial charge in [0.05, 0.1) is 0 Å². The maximum absolute atomic E-state index is 6.07. The summed E-state index contributed by atoms with van der Waals surface area (Å²) in [5.41, 5.74) is 5.54. The number of ether oxygens (including phenoxy) is 1. The van der Waals surface area contributed by atoms with Crippen molar-refractivity contribution in [2.24, 2.45) is 11.7 Å². The number of hydrogen-bond donors (Lipinski definition) is 1. The van der Waals surface area contributed by atoms with Crippen LogP contribution in [0.1, 0.15) is 49.4 Å². The predicted octanol–water partition coefficient (Wildman–Crippen LogP) is 3.04. The zero-order valence-corrected chi connectivity index (χ0v) is 11.6. The molecule has 3 nitrogen and oxygen atoms in total. The molecule has 17 heavy (non-hydrogen) atoms. The highest BCUT2D eigenvalue weighted by molar-refractivity contribution is 7.11. The van der Waals surface area contributed by atoms with E-state index in [2.05, 4.69) is 18.8 Å². The van der Waals surface area contributed by atoms with Crippen LogP contribution in [0.5, 0.6) is 0 Å². The molecule has 0 radical (unpaired) electrons. The number of nitrogens with zero attached hydrogens (tertiary/aromatic N) is 1. The minimum absolute atomic E-state index is 0.126. The Morgan fingerprint density at radius 3 is 2.76 bits per heavy atom. The van der Waals surface area contributed by atoms with Crippen LogP contribution in [0.25, 0.3) is 0 Å². The van der Waals surface area contributed by atoms with E-state index in [0.717, 1.165) is 35.3 Å². The summed E-state index contributed by atoms with van der Waals surface area (Å²) in [7, 11) is 0. The lowest BCUT2D eigenvalue weighted by molar-refractivity contribution is -0.0776. The summed E-state index contributed by atoms with van der Waals surface area (Å²) < 4.78 is 6.07. The molecule has 1 aromatic heterocycles. The Morgan fingerprint density at radius 1 is 1.53 bits per heavy atom. The first-order valence-electron chi connectivity index (χ1n) is 6.49. The number of thiazole rings is 1. The van der Waals surface area contributed by atoms with Crippen molar-refractivity contribution in [1.82, 2.24) is 4.98 Å². The number of hydrogen-bond acceptors (Lipinski definition) is 4. The summed E-state index contributed by atoms with van der Waals surface area (Å²) in [6.45, 7) is 5.72. The lowest BCUT2D eigenvalue weighted by atomic mass is 9.80. The molecule has 1 fully saturated rings. The van der Waals surface area contributed by atoms with Crippen molar-refractivity contribution in [1.29, 1.82) is 0 Å². The highest BCUT2D eigenvalue weighted by Crippen LogP contribution is 2.43. The molecule has 1 aromatic rings. The maximum Gasteiger partial charge on any atom is 0.125 e. The summed E-state index contributed by atoms with van der Waals surface area (Å²) >= 11 is 1.72. The average molecular weight is 254 g/mol. The predicted molar refractivity (Wildman–Crippen MR) is 70.9 cm³/mol. The van der Waals surface area contributed by atoms with Gasteiger partial charge < -0.3 is 10.5 Å². The summed E-state index contributed by atoms with van der Waals surface area (Å²) in [6.07, 6.45) is 6.56. The molecule has 4 heteroatoms. The summed E-state index contributed by atoms with van der Waals surface area (Å²) in [4.78, 5) is 5.69. The van der Waals surface area contributed by atoms with Crippen LogP contribution in [0.4, 0.5) is 0 Å². The number of rotatable bonds is 4. The number of nitrogens with two attached hydrogens (primary N) is 1. The third-order valence-electron chi connectivity index (χ3n) is 3.65. The molecule has 0 atom stereocenters. The van der Waals surface area contributed by atoms with E-state index in [0.29, 0.717) is 6.54 Å². The third-order valence-corrected chi connectivity index (χ3v) is 4.85. The topological polar surface area (TPSA) is 48.1 Å². The molecule has 0 amide bonds. The van der Waals surface area contributed by atoms with Crippen molar-refractivity contribution in [2.75, 3.05) is 6.61 Å². The van der Waals surface area contributed by atoms with Gasteiger partial charge in [0.25, 0.3) is 0 Å². The quantitative estimate of drug-likeness (QED) is 0.898. The van der Waals surface area contributed by atoms with Crippen LogP contribution in [0.2, 0.25) is 0 Å². The first kappa shape index (κ1) is 13.0. The molecule has 1 heterocycles. The van der Waals surface area contributed by atoms with Crippen LogP contribution in [0.15, 0.2) is 6.20 Å². The van der Waals surface area contributed by atoms with Gasteiger partial charge in [0.2, 0.25) is 0 Å². The molecular formula is C13H22N2OS. The lowest BCUT2D eigenvalue weighted by Crippen LogP contribution is -2.34. The van der Waals surface area contributed by atoms with Crippen LogP contribution in [-0.4, -0.2) is 11.6 Å². The highest BCUT2D eigenvalue weighted by atomic mass is 32.1. The fraction of sp³-hybridized carbons (Fsp3) is 0.769. The maximum atomic E-state index is 6.07. The molecular weight excluding hydrogens is 232 g/mol. The molecule has 0 saturated heterocycles. The highest BCUT2D eigenvalue weighted by Gasteiger charge is 2.39. The van der Waals surface area contributed by atoms with Gasteiger partial charge in [-0.3, -0.25) is 0 Å². The molecule has 1 saturated carbocycles. The molecule has 0 spiro atoms. The van der Waals surface area contributed by atoms with E-state index in [1.165, 1.54) is 12.8 Å². The summed E-state index contributed by atoms with van der Waals surface area (Å²) in [6, 6.07) is 0. The van der Waals surface area contributed by atoms with Crippen molar-refractivity contribution in [3.63, 3.8) is 0 Å². The van der Waals surface area contributed by atoms with Crippen LogP contribution in [0.3, 0.4) is 0 Å². The number of aromatic nitrogens is 1. The first-order valence-corrected chi connectivity index (χ1v) is 7.31. The standard InChI is InChI=1S/C13H22N2OS/c1-3-16-13(6-4-10(2)5-7-13)12-15-9-11(8-14)17-12/h9-10H,3-8,14H2,1-2H3. The van der Waals surface area contributed by atoms with Crippen LogP contribution >= 0.6 is 11.3 Å². The van der Waals surface area contributed by atoms with Gasteiger partial charge in [0.15, 0.2) is 0 Å². The molecule has 96 valence electrons. The molecule has 1 aliphatic rings. The summed E-state index contributed by atoms with van der Waals surface area (Å²) in [5.74, 6) is 0.817. The molecule has 0 aliphatic heterocycles. The second kappa shape index (κ2) is 5.46. The second-order valence-electron chi connectivity index (χ2n) is 4.95. The van der Waals surface area contributed by atoms with Crippen molar-refractivity contribution in [3.05, 3.63) is 16.1 Å². The molecule has 0 unspecified atom stereocenters. The van der Waals surface area contributed by atoms with E-state index in [9.17, 15) is 0 Å². The van der Waals surface area contributed by atoms with Gasteiger partial charge in [-0.1, -0.05) is 6.92 Å². The Morgan fingerprint density at radius 2 is 2.24 bits per heavy atom. The third kappa shape index (κ3) is 2.69. The van der Waals surface area contributed by atoms with Crippen molar-refractivity contribution in [3.8, 4) is 0 Å². The summed E-state index contributed by atoms with van der Waals surface area (Å²) in [5, 5.41) is 1.13. The fourth-order valence-electron chi connectivity index (χ4n) is 2.54. The van der Waals surface area contributed by atoms with Gasteiger partial charge in [-0.25, -0.2) is 4.98 Å². The Labute approximate surface area is 107 Å². The first-order chi connectivity index (χ1) is 8.20. The van der Waals surface area contributed by atoms with Gasteiger partial charge in [0.1, 0.15) is 10.6 Å². The van der Waals surface area contributed by atoms with E-state index < -0.39 is 0 Å². The molecule has 2 N–H and O–H groups in total. The van der Waals surface area contributed by atoms with E-state index >= 15 is 0 Å². The van der Waals surface area contributed by atoms with E-state index in [-0.39, 0.29) is 5.60 Å². The smallest absolute Gasteiger partial charge is 0.125 e. The van der Waals surface area contributed by atoms with Gasteiger partial charge in [0, 0.05) is 24.2 Å². The van der Waals surface area contributed by atoms with Crippen molar-refractivity contribution >= 4 is 11.3 Å². The zero-order chi connectivity index (χ0) is 12.3.